The number of aliphatic hydroxyl groups is 1. The zero-order valence-corrected chi connectivity index (χ0v) is 13.2. The molecule has 1 rings (SSSR count). The molecule has 0 amide bonds. The second-order valence-electron chi connectivity index (χ2n) is 6.68. The van der Waals surface area contributed by atoms with Crippen molar-refractivity contribution in [2.45, 2.75) is 60.0 Å². The van der Waals surface area contributed by atoms with Gasteiger partial charge in [0.15, 0.2) is 0 Å². The lowest BCUT2D eigenvalue weighted by molar-refractivity contribution is 0.188. The quantitative estimate of drug-likeness (QED) is 0.848. The van der Waals surface area contributed by atoms with Crippen molar-refractivity contribution in [1.29, 1.82) is 0 Å². The number of aryl methyl sites for hydroxylation is 2. The van der Waals surface area contributed by atoms with Gasteiger partial charge in [0.2, 0.25) is 0 Å². The molecular weight excluding hydrogens is 234 g/mol. The molecule has 0 aromatic heterocycles. The number of benzene rings is 1. The second kappa shape index (κ2) is 6.53. The van der Waals surface area contributed by atoms with E-state index >= 15 is 0 Å². The first-order chi connectivity index (χ1) is 8.75. The molecule has 2 N–H and O–H groups in total. The number of rotatable bonds is 5. The van der Waals surface area contributed by atoms with Gasteiger partial charge in [0.25, 0.3) is 0 Å². The van der Waals surface area contributed by atoms with Gasteiger partial charge in [0.05, 0.1) is 0 Å². The lowest BCUT2D eigenvalue weighted by Crippen LogP contribution is -2.42. The van der Waals surface area contributed by atoms with Crippen molar-refractivity contribution in [3.05, 3.63) is 34.9 Å². The molecule has 1 aromatic rings. The Kier molecular flexibility index (Phi) is 5.57. The summed E-state index contributed by atoms with van der Waals surface area (Å²) in [6.07, 6.45) is 0.790. The van der Waals surface area contributed by atoms with Gasteiger partial charge in [-0.2, -0.15) is 0 Å². The summed E-state index contributed by atoms with van der Waals surface area (Å²) in [5, 5.41) is 12.9. The first kappa shape index (κ1) is 16.2. The maximum atomic E-state index is 9.23. The van der Waals surface area contributed by atoms with Crippen LogP contribution in [0.5, 0.6) is 0 Å². The fourth-order valence-corrected chi connectivity index (χ4v) is 2.60. The second-order valence-corrected chi connectivity index (χ2v) is 6.68. The highest BCUT2D eigenvalue weighted by Crippen LogP contribution is 2.26. The Bertz CT molecular complexity index is 406. The lowest BCUT2D eigenvalue weighted by atomic mass is 9.84. The van der Waals surface area contributed by atoms with Crippen LogP contribution >= 0.6 is 0 Å². The summed E-state index contributed by atoms with van der Waals surface area (Å²) in [6, 6.07) is 7.22. The fourth-order valence-electron chi connectivity index (χ4n) is 2.60. The van der Waals surface area contributed by atoms with Gasteiger partial charge in [0.1, 0.15) is 0 Å². The molecule has 0 spiro atoms. The topological polar surface area (TPSA) is 32.3 Å². The van der Waals surface area contributed by atoms with Crippen molar-refractivity contribution in [3.63, 3.8) is 0 Å². The van der Waals surface area contributed by atoms with E-state index in [9.17, 15) is 5.11 Å². The third-order valence-corrected chi connectivity index (χ3v) is 3.81. The summed E-state index contributed by atoms with van der Waals surface area (Å²) in [5.74, 6) is 0. The standard InChI is InChI=1S/C17H29NO/c1-12-7-8-15(13(2)11-12)14(3)18-16(9-10-19)17(4,5)6/h7-8,11,14,16,18-19H,9-10H2,1-6H3. The molecule has 0 aliphatic carbocycles. The molecule has 2 atom stereocenters. The third-order valence-electron chi connectivity index (χ3n) is 3.81. The van der Waals surface area contributed by atoms with E-state index in [0.717, 1.165) is 6.42 Å². The van der Waals surface area contributed by atoms with Crippen molar-refractivity contribution >= 4 is 0 Å². The van der Waals surface area contributed by atoms with E-state index in [1.807, 2.05) is 0 Å². The molecule has 1 aromatic carbocycles. The average Bonchev–Trinajstić information content (AvgIpc) is 2.26. The van der Waals surface area contributed by atoms with Gasteiger partial charge in [-0.15, -0.1) is 0 Å². The van der Waals surface area contributed by atoms with E-state index < -0.39 is 0 Å². The van der Waals surface area contributed by atoms with Crippen molar-refractivity contribution in [3.8, 4) is 0 Å². The molecule has 0 heterocycles. The Morgan fingerprint density at radius 3 is 2.32 bits per heavy atom. The highest BCUT2D eigenvalue weighted by Gasteiger charge is 2.25. The number of aliphatic hydroxyl groups excluding tert-OH is 1. The van der Waals surface area contributed by atoms with Crippen molar-refractivity contribution in [2.75, 3.05) is 6.61 Å². The minimum absolute atomic E-state index is 0.148. The molecule has 2 nitrogen and oxygen atoms in total. The number of hydrogen-bond acceptors (Lipinski definition) is 2. The van der Waals surface area contributed by atoms with Gasteiger partial charge in [-0.1, -0.05) is 44.5 Å². The van der Waals surface area contributed by atoms with Crippen LogP contribution in [-0.2, 0) is 0 Å². The van der Waals surface area contributed by atoms with Crippen molar-refractivity contribution in [1.82, 2.24) is 5.32 Å². The summed E-state index contributed by atoms with van der Waals surface area (Å²) >= 11 is 0. The van der Waals surface area contributed by atoms with Crippen molar-refractivity contribution in [2.24, 2.45) is 5.41 Å². The Labute approximate surface area is 118 Å². The van der Waals surface area contributed by atoms with Gasteiger partial charge in [-0.3, -0.25) is 0 Å². The Balaban J connectivity index is 2.84. The first-order valence-corrected chi connectivity index (χ1v) is 7.19. The Hall–Kier alpha value is -0.860. The summed E-state index contributed by atoms with van der Waals surface area (Å²) in [6.45, 7) is 13.4. The summed E-state index contributed by atoms with van der Waals surface area (Å²) in [5.41, 5.74) is 4.13. The van der Waals surface area contributed by atoms with Crippen LogP contribution in [0.15, 0.2) is 18.2 Å². The zero-order chi connectivity index (χ0) is 14.6. The van der Waals surface area contributed by atoms with Crippen LogP contribution in [0.25, 0.3) is 0 Å². The van der Waals surface area contributed by atoms with E-state index in [-0.39, 0.29) is 12.0 Å². The molecular formula is C17H29NO. The minimum Gasteiger partial charge on any atom is -0.396 e. The number of nitrogens with one attached hydrogen (secondary N) is 1. The lowest BCUT2D eigenvalue weighted by Gasteiger charge is -2.34. The molecule has 0 saturated carbocycles. The molecule has 0 fully saturated rings. The normalized spacial score (nSPS) is 15.3. The highest BCUT2D eigenvalue weighted by atomic mass is 16.3. The molecule has 0 saturated heterocycles. The predicted octanol–water partition coefficient (Wildman–Crippen LogP) is 3.75. The van der Waals surface area contributed by atoms with Crippen LogP contribution in [0.1, 0.15) is 56.8 Å². The summed E-state index contributed by atoms with van der Waals surface area (Å²) in [7, 11) is 0. The van der Waals surface area contributed by atoms with Crippen LogP contribution in [0, 0.1) is 19.3 Å². The van der Waals surface area contributed by atoms with Gasteiger partial charge >= 0.3 is 0 Å². The average molecular weight is 263 g/mol. The molecule has 108 valence electrons. The largest absolute Gasteiger partial charge is 0.396 e. The monoisotopic (exact) mass is 263 g/mol. The van der Waals surface area contributed by atoms with E-state index in [1.165, 1.54) is 16.7 Å². The Morgan fingerprint density at radius 1 is 1.21 bits per heavy atom. The van der Waals surface area contributed by atoms with Gasteiger partial charge in [-0.05, 0) is 43.7 Å². The molecule has 0 aliphatic rings. The molecule has 0 aliphatic heterocycles. The third kappa shape index (κ3) is 4.63. The molecule has 2 unspecified atom stereocenters. The molecule has 19 heavy (non-hydrogen) atoms. The predicted molar refractivity (Wildman–Crippen MR) is 82.4 cm³/mol. The van der Waals surface area contributed by atoms with E-state index in [0.29, 0.717) is 12.1 Å². The van der Waals surface area contributed by atoms with Crippen LogP contribution in [0.2, 0.25) is 0 Å². The zero-order valence-electron chi connectivity index (χ0n) is 13.2. The number of hydrogen-bond donors (Lipinski definition) is 2. The van der Waals surface area contributed by atoms with Crippen LogP contribution in [-0.4, -0.2) is 17.8 Å². The smallest absolute Gasteiger partial charge is 0.0446 e. The molecule has 2 heteroatoms. The van der Waals surface area contributed by atoms with Crippen molar-refractivity contribution < 1.29 is 5.11 Å². The summed E-state index contributed by atoms with van der Waals surface area (Å²) in [4.78, 5) is 0. The minimum atomic E-state index is 0.148. The molecule has 0 radical (unpaired) electrons. The van der Waals surface area contributed by atoms with Crippen LogP contribution in [0.3, 0.4) is 0 Å². The fraction of sp³-hybridized carbons (Fsp3) is 0.647. The maximum absolute atomic E-state index is 9.23. The molecule has 0 bridgehead atoms. The van der Waals surface area contributed by atoms with Gasteiger partial charge in [-0.25, -0.2) is 0 Å². The van der Waals surface area contributed by atoms with Crippen LogP contribution < -0.4 is 5.32 Å². The maximum Gasteiger partial charge on any atom is 0.0446 e. The Morgan fingerprint density at radius 2 is 1.84 bits per heavy atom. The van der Waals surface area contributed by atoms with E-state index in [4.69, 9.17) is 0 Å². The van der Waals surface area contributed by atoms with E-state index in [1.54, 1.807) is 0 Å². The summed E-state index contributed by atoms with van der Waals surface area (Å²) < 4.78 is 0. The van der Waals surface area contributed by atoms with Gasteiger partial charge < -0.3 is 10.4 Å². The van der Waals surface area contributed by atoms with Crippen LogP contribution in [0.4, 0.5) is 0 Å². The SMILES string of the molecule is Cc1ccc(C(C)NC(CCO)C(C)(C)C)c(C)c1. The van der Waals surface area contributed by atoms with Gasteiger partial charge in [0, 0.05) is 18.7 Å². The van der Waals surface area contributed by atoms with E-state index in [2.05, 4.69) is 65.1 Å². The highest BCUT2D eigenvalue weighted by molar-refractivity contribution is 5.32. The first-order valence-electron chi connectivity index (χ1n) is 7.19.